The second kappa shape index (κ2) is 5.69. The molecule has 0 unspecified atom stereocenters. The number of hydrogen-bond donors (Lipinski definition) is 1. The van der Waals surface area contributed by atoms with E-state index >= 15 is 0 Å². The number of H-pyrrole nitrogens is 1. The quantitative estimate of drug-likeness (QED) is 0.620. The summed E-state index contributed by atoms with van der Waals surface area (Å²) >= 11 is 5.90. The Kier molecular flexibility index (Phi) is 3.50. The zero-order chi connectivity index (χ0) is 16.7. The Morgan fingerprint density at radius 2 is 2.00 bits per heavy atom. The van der Waals surface area contributed by atoms with E-state index in [0.29, 0.717) is 22.6 Å². The summed E-state index contributed by atoms with van der Waals surface area (Å²) in [6.07, 6.45) is 1.58. The lowest BCUT2D eigenvalue weighted by Gasteiger charge is -2.05. The predicted octanol–water partition coefficient (Wildman–Crippen LogP) is 3.59. The molecule has 24 heavy (non-hydrogen) atoms. The number of nitrogens with one attached hydrogen (secondary N) is 1. The number of benzene rings is 2. The van der Waals surface area contributed by atoms with Crippen molar-refractivity contribution in [1.29, 1.82) is 0 Å². The molecule has 6 heteroatoms. The van der Waals surface area contributed by atoms with Gasteiger partial charge in [0.25, 0.3) is 5.56 Å². The molecule has 4 rings (SSSR count). The summed E-state index contributed by atoms with van der Waals surface area (Å²) in [5.74, 6) is 0.732. The van der Waals surface area contributed by atoms with Crippen LogP contribution in [0.4, 0.5) is 0 Å². The van der Waals surface area contributed by atoms with Gasteiger partial charge >= 0.3 is 0 Å². The average molecular weight is 340 g/mol. The lowest BCUT2D eigenvalue weighted by atomic mass is 10.2. The van der Waals surface area contributed by atoms with Gasteiger partial charge in [-0.2, -0.15) is 0 Å². The van der Waals surface area contributed by atoms with Crippen LogP contribution in [0.2, 0.25) is 5.02 Å². The minimum Gasteiger partial charge on any atom is -0.497 e. The molecule has 0 saturated carbocycles. The third-order valence-corrected chi connectivity index (χ3v) is 4.30. The number of aromatic amines is 1. The number of ether oxygens (including phenoxy) is 1. The number of hydrogen-bond acceptors (Lipinski definition) is 3. The molecule has 4 aromatic rings. The van der Waals surface area contributed by atoms with Crippen molar-refractivity contribution >= 4 is 33.5 Å². The molecule has 0 aliphatic rings. The second-order valence-electron chi connectivity index (χ2n) is 5.56. The Morgan fingerprint density at radius 3 is 2.75 bits per heavy atom. The number of nitrogens with zero attached hydrogens (tertiary/aromatic N) is 2. The van der Waals surface area contributed by atoms with Gasteiger partial charge in [0.15, 0.2) is 0 Å². The summed E-state index contributed by atoms with van der Waals surface area (Å²) in [7, 11) is 1.61. The zero-order valence-electron chi connectivity index (χ0n) is 12.9. The maximum atomic E-state index is 12.8. The van der Waals surface area contributed by atoms with Crippen LogP contribution in [0.15, 0.2) is 53.6 Å². The first-order valence-electron chi connectivity index (χ1n) is 7.45. The number of methoxy groups -OCH3 is 1. The van der Waals surface area contributed by atoms with Gasteiger partial charge in [-0.1, -0.05) is 23.7 Å². The number of aromatic nitrogens is 3. The molecule has 2 aromatic heterocycles. The Morgan fingerprint density at radius 1 is 1.21 bits per heavy atom. The lowest BCUT2D eigenvalue weighted by molar-refractivity contribution is 0.415. The van der Waals surface area contributed by atoms with E-state index in [1.165, 1.54) is 0 Å². The van der Waals surface area contributed by atoms with E-state index in [-0.39, 0.29) is 5.56 Å². The minimum absolute atomic E-state index is 0.106. The van der Waals surface area contributed by atoms with Crippen molar-refractivity contribution in [2.45, 2.75) is 6.54 Å². The molecule has 0 radical (unpaired) electrons. The molecule has 120 valence electrons. The second-order valence-corrected chi connectivity index (χ2v) is 6.00. The van der Waals surface area contributed by atoms with E-state index in [1.807, 2.05) is 42.5 Å². The highest BCUT2D eigenvalue weighted by molar-refractivity contribution is 6.30. The van der Waals surface area contributed by atoms with Gasteiger partial charge in [0.1, 0.15) is 16.8 Å². The van der Waals surface area contributed by atoms with E-state index in [1.54, 1.807) is 18.0 Å². The molecule has 0 atom stereocenters. The van der Waals surface area contributed by atoms with Crippen LogP contribution < -0.4 is 10.3 Å². The molecule has 0 spiro atoms. The molecule has 1 N–H and O–H groups in total. The fraction of sp³-hybridized carbons (Fsp3) is 0.111. The maximum Gasteiger partial charge on any atom is 0.277 e. The number of fused-ring (bicyclic) bond motifs is 3. The highest BCUT2D eigenvalue weighted by Crippen LogP contribution is 2.25. The third-order valence-electron chi connectivity index (χ3n) is 4.05. The van der Waals surface area contributed by atoms with E-state index < -0.39 is 0 Å². The van der Waals surface area contributed by atoms with Crippen LogP contribution in [-0.2, 0) is 6.54 Å². The first kappa shape index (κ1) is 14.8. The molecular formula is C18H14ClN3O2. The Balaban J connectivity index is 1.84. The fourth-order valence-electron chi connectivity index (χ4n) is 2.80. The van der Waals surface area contributed by atoms with Crippen LogP contribution in [0, 0.1) is 0 Å². The van der Waals surface area contributed by atoms with E-state index in [9.17, 15) is 4.79 Å². The topological polar surface area (TPSA) is 59.9 Å². The SMILES string of the molecule is COc1ccc2[nH]c3c(=O)n(Cc4ccc(Cl)cc4)cnc3c2c1. The normalized spacial score (nSPS) is 11.2. The van der Waals surface area contributed by atoms with Gasteiger partial charge in [-0.05, 0) is 35.9 Å². The highest BCUT2D eigenvalue weighted by Gasteiger charge is 2.12. The highest BCUT2D eigenvalue weighted by atomic mass is 35.5. The van der Waals surface area contributed by atoms with Crippen LogP contribution in [-0.4, -0.2) is 21.6 Å². The van der Waals surface area contributed by atoms with Gasteiger partial charge in [-0.25, -0.2) is 4.98 Å². The number of rotatable bonds is 3. The fourth-order valence-corrected chi connectivity index (χ4v) is 2.92. The number of halogens is 1. The van der Waals surface area contributed by atoms with Crippen molar-refractivity contribution in [3.63, 3.8) is 0 Å². The van der Waals surface area contributed by atoms with Gasteiger partial charge < -0.3 is 9.72 Å². The van der Waals surface area contributed by atoms with Gasteiger partial charge in [0.2, 0.25) is 0 Å². The Bertz CT molecular complexity index is 1100. The average Bonchev–Trinajstić information content (AvgIpc) is 2.98. The van der Waals surface area contributed by atoms with E-state index in [2.05, 4.69) is 9.97 Å². The third kappa shape index (κ3) is 2.43. The summed E-state index contributed by atoms with van der Waals surface area (Å²) in [4.78, 5) is 20.4. The van der Waals surface area contributed by atoms with Crippen LogP contribution >= 0.6 is 11.6 Å². The molecule has 0 saturated heterocycles. The standard InChI is InChI=1S/C18H14ClN3O2/c1-24-13-6-7-15-14(8-13)16-17(21-15)18(23)22(10-20-16)9-11-2-4-12(19)5-3-11/h2-8,10,21H,9H2,1H3. The maximum absolute atomic E-state index is 12.8. The molecule has 0 aliphatic carbocycles. The Hall–Kier alpha value is -2.79. The van der Waals surface area contributed by atoms with Crippen molar-refractivity contribution in [3.8, 4) is 5.75 Å². The van der Waals surface area contributed by atoms with Crippen molar-refractivity contribution in [1.82, 2.24) is 14.5 Å². The largest absolute Gasteiger partial charge is 0.497 e. The van der Waals surface area contributed by atoms with Crippen molar-refractivity contribution in [3.05, 3.63) is 69.7 Å². The molecule has 0 amide bonds. The minimum atomic E-state index is -0.106. The smallest absolute Gasteiger partial charge is 0.277 e. The first-order chi connectivity index (χ1) is 11.7. The van der Waals surface area contributed by atoms with E-state index in [4.69, 9.17) is 16.3 Å². The van der Waals surface area contributed by atoms with Crippen LogP contribution in [0.3, 0.4) is 0 Å². The van der Waals surface area contributed by atoms with Crippen molar-refractivity contribution < 1.29 is 4.74 Å². The Labute approximate surface area is 142 Å². The predicted molar refractivity (Wildman–Crippen MR) is 95.0 cm³/mol. The lowest BCUT2D eigenvalue weighted by Crippen LogP contribution is -2.21. The summed E-state index contributed by atoms with van der Waals surface area (Å²) < 4.78 is 6.83. The van der Waals surface area contributed by atoms with Gasteiger partial charge in [0.05, 0.1) is 20.0 Å². The van der Waals surface area contributed by atoms with Crippen LogP contribution in [0.1, 0.15) is 5.56 Å². The van der Waals surface area contributed by atoms with Gasteiger partial charge in [0, 0.05) is 15.9 Å². The van der Waals surface area contributed by atoms with Gasteiger partial charge in [-0.3, -0.25) is 9.36 Å². The molecule has 0 aliphatic heterocycles. The summed E-state index contributed by atoms with van der Waals surface area (Å²) in [6, 6.07) is 13.0. The van der Waals surface area contributed by atoms with Crippen LogP contribution in [0.5, 0.6) is 5.75 Å². The molecular weight excluding hydrogens is 326 g/mol. The zero-order valence-corrected chi connectivity index (χ0v) is 13.7. The molecule has 2 aromatic carbocycles. The van der Waals surface area contributed by atoms with E-state index in [0.717, 1.165) is 22.2 Å². The molecule has 0 fully saturated rings. The monoisotopic (exact) mass is 339 g/mol. The van der Waals surface area contributed by atoms with Gasteiger partial charge in [-0.15, -0.1) is 0 Å². The summed E-state index contributed by atoms with van der Waals surface area (Å²) in [6.45, 7) is 0.442. The van der Waals surface area contributed by atoms with Crippen LogP contribution in [0.25, 0.3) is 21.9 Å². The van der Waals surface area contributed by atoms with Crippen molar-refractivity contribution in [2.24, 2.45) is 0 Å². The molecule has 2 heterocycles. The summed E-state index contributed by atoms with van der Waals surface area (Å²) in [5, 5.41) is 1.55. The molecule has 0 bridgehead atoms. The molecule has 5 nitrogen and oxygen atoms in total. The first-order valence-corrected chi connectivity index (χ1v) is 7.83. The summed E-state index contributed by atoms with van der Waals surface area (Å²) in [5.41, 5.74) is 2.89. The van der Waals surface area contributed by atoms with Crippen molar-refractivity contribution in [2.75, 3.05) is 7.11 Å².